The summed E-state index contributed by atoms with van der Waals surface area (Å²) in [6.07, 6.45) is 2.64. The van der Waals surface area contributed by atoms with Crippen LogP contribution in [0.1, 0.15) is 27.4 Å². The predicted octanol–water partition coefficient (Wildman–Crippen LogP) is 1.87. The molecular weight excluding hydrogens is 264 g/mol. The summed E-state index contributed by atoms with van der Waals surface area (Å²) >= 11 is 1.36. The van der Waals surface area contributed by atoms with Gasteiger partial charge in [-0.2, -0.15) is 0 Å². The Bertz CT molecular complexity index is 598. The Balaban J connectivity index is 2.16. The molecule has 7 heteroatoms. The van der Waals surface area contributed by atoms with Crippen LogP contribution in [-0.2, 0) is 5.75 Å². The number of thioether (sulfide) groups is 1. The number of nitrogens with zero attached hydrogens (tertiary/aromatic N) is 4. The topological polar surface area (TPSA) is 88.9 Å². The van der Waals surface area contributed by atoms with E-state index in [2.05, 4.69) is 19.9 Å². The third-order valence-electron chi connectivity index (χ3n) is 2.32. The summed E-state index contributed by atoms with van der Waals surface area (Å²) in [6, 6.07) is 1.89. The summed E-state index contributed by atoms with van der Waals surface area (Å²) in [5.74, 6) is -0.634. The first kappa shape index (κ1) is 13.4. The zero-order valence-electron chi connectivity index (χ0n) is 10.5. The third kappa shape index (κ3) is 3.47. The second-order valence-electron chi connectivity index (χ2n) is 3.91. The molecule has 0 spiro atoms. The van der Waals surface area contributed by atoms with Crippen molar-refractivity contribution in [3.8, 4) is 0 Å². The normalized spacial score (nSPS) is 10.4. The summed E-state index contributed by atoms with van der Waals surface area (Å²) in [4.78, 5) is 27.3. The number of carboxylic acids is 1. The van der Waals surface area contributed by atoms with E-state index in [1.807, 2.05) is 19.9 Å². The van der Waals surface area contributed by atoms with E-state index >= 15 is 0 Å². The molecule has 0 radical (unpaired) electrons. The van der Waals surface area contributed by atoms with E-state index in [0.717, 1.165) is 11.4 Å². The van der Waals surface area contributed by atoms with Crippen molar-refractivity contribution in [2.75, 3.05) is 0 Å². The van der Waals surface area contributed by atoms with Gasteiger partial charge in [0, 0.05) is 23.3 Å². The molecule has 0 aromatic carbocycles. The van der Waals surface area contributed by atoms with E-state index in [0.29, 0.717) is 16.6 Å². The quantitative estimate of drug-likeness (QED) is 0.673. The second kappa shape index (κ2) is 5.75. The molecule has 0 amide bonds. The summed E-state index contributed by atoms with van der Waals surface area (Å²) in [7, 11) is 0. The van der Waals surface area contributed by atoms with Crippen LogP contribution in [0.15, 0.2) is 23.7 Å². The number of aryl methyl sites for hydroxylation is 2. The zero-order valence-corrected chi connectivity index (χ0v) is 11.3. The Hall–Kier alpha value is -2.02. The maximum Gasteiger partial charge on any atom is 0.339 e. The van der Waals surface area contributed by atoms with E-state index in [4.69, 9.17) is 5.11 Å². The minimum atomic E-state index is -1.03. The highest BCUT2D eigenvalue weighted by Gasteiger charge is 2.12. The number of hydrogen-bond acceptors (Lipinski definition) is 6. The Kier molecular flexibility index (Phi) is 4.06. The number of rotatable bonds is 4. The molecule has 0 aliphatic carbocycles. The molecule has 0 fully saturated rings. The molecule has 0 unspecified atom stereocenters. The Morgan fingerprint density at radius 2 is 2.00 bits per heavy atom. The van der Waals surface area contributed by atoms with Gasteiger partial charge in [0.05, 0.1) is 5.69 Å². The lowest BCUT2D eigenvalue weighted by atomic mass is 10.2. The molecule has 0 aliphatic heterocycles. The first-order chi connectivity index (χ1) is 9.06. The Morgan fingerprint density at radius 3 is 2.63 bits per heavy atom. The highest BCUT2D eigenvalue weighted by atomic mass is 32.2. The van der Waals surface area contributed by atoms with Crippen molar-refractivity contribution in [3.63, 3.8) is 0 Å². The van der Waals surface area contributed by atoms with Crippen LogP contribution >= 0.6 is 11.8 Å². The minimum Gasteiger partial charge on any atom is -0.478 e. The Morgan fingerprint density at radius 1 is 1.32 bits per heavy atom. The van der Waals surface area contributed by atoms with E-state index in [1.54, 1.807) is 0 Å². The van der Waals surface area contributed by atoms with Gasteiger partial charge in [-0.25, -0.2) is 24.7 Å². The first-order valence-electron chi connectivity index (χ1n) is 5.53. The van der Waals surface area contributed by atoms with E-state index in [1.165, 1.54) is 24.3 Å². The summed E-state index contributed by atoms with van der Waals surface area (Å²) in [5, 5.41) is 9.65. The van der Waals surface area contributed by atoms with Gasteiger partial charge in [0.15, 0.2) is 5.16 Å². The maximum absolute atomic E-state index is 11.0. The number of aromatic nitrogens is 4. The predicted molar refractivity (Wildman–Crippen MR) is 70.1 cm³/mol. The first-order valence-corrected chi connectivity index (χ1v) is 6.52. The van der Waals surface area contributed by atoms with Gasteiger partial charge in [-0.15, -0.1) is 0 Å². The number of hydrogen-bond donors (Lipinski definition) is 1. The number of aromatic carboxylic acids is 1. The fraction of sp³-hybridized carbons (Fsp3) is 0.250. The van der Waals surface area contributed by atoms with Crippen LogP contribution < -0.4 is 0 Å². The van der Waals surface area contributed by atoms with Crippen LogP contribution in [0.5, 0.6) is 0 Å². The maximum atomic E-state index is 11.0. The van der Waals surface area contributed by atoms with Crippen molar-refractivity contribution >= 4 is 17.7 Å². The smallest absolute Gasteiger partial charge is 0.339 e. The average Bonchev–Trinajstić information content (AvgIpc) is 2.35. The number of carbonyl (C=O) groups is 1. The van der Waals surface area contributed by atoms with Gasteiger partial charge in [-0.05, 0) is 19.9 Å². The largest absolute Gasteiger partial charge is 0.478 e. The fourth-order valence-corrected chi connectivity index (χ4v) is 2.45. The monoisotopic (exact) mass is 276 g/mol. The lowest BCUT2D eigenvalue weighted by Gasteiger charge is -2.04. The molecule has 2 aromatic rings. The molecule has 2 rings (SSSR count). The van der Waals surface area contributed by atoms with Gasteiger partial charge in [0.1, 0.15) is 11.9 Å². The van der Waals surface area contributed by atoms with Gasteiger partial charge in [0.2, 0.25) is 0 Å². The Labute approximate surface area is 114 Å². The van der Waals surface area contributed by atoms with Gasteiger partial charge in [0.25, 0.3) is 0 Å². The molecule has 2 aromatic heterocycles. The molecule has 0 atom stereocenters. The van der Waals surface area contributed by atoms with Gasteiger partial charge in [-0.1, -0.05) is 11.8 Å². The lowest BCUT2D eigenvalue weighted by Crippen LogP contribution is -2.05. The molecule has 0 saturated heterocycles. The molecule has 0 aliphatic rings. The molecule has 2 heterocycles. The van der Waals surface area contributed by atoms with Crippen LogP contribution in [0.25, 0.3) is 0 Å². The third-order valence-corrected chi connectivity index (χ3v) is 3.18. The van der Waals surface area contributed by atoms with Crippen LogP contribution in [0.4, 0.5) is 0 Å². The van der Waals surface area contributed by atoms with Crippen LogP contribution in [0.2, 0.25) is 0 Å². The van der Waals surface area contributed by atoms with Crippen LogP contribution in [-0.4, -0.2) is 31.0 Å². The SMILES string of the molecule is Cc1cc(C)nc(SCc2ncncc2C(=O)O)n1. The van der Waals surface area contributed by atoms with E-state index < -0.39 is 5.97 Å². The molecule has 19 heavy (non-hydrogen) atoms. The van der Waals surface area contributed by atoms with E-state index in [-0.39, 0.29) is 5.56 Å². The van der Waals surface area contributed by atoms with Crippen molar-refractivity contribution in [3.05, 3.63) is 41.2 Å². The zero-order chi connectivity index (χ0) is 13.8. The highest BCUT2D eigenvalue weighted by molar-refractivity contribution is 7.98. The lowest BCUT2D eigenvalue weighted by molar-refractivity contribution is 0.0695. The van der Waals surface area contributed by atoms with Crippen LogP contribution in [0, 0.1) is 13.8 Å². The van der Waals surface area contributed by atoms with Crippen molar-refractivity contribution in [2.24, 2.45) is 0 Å². The summed E-state index contributed by atoms with van der Waals surface area (Å²) in [6.45, 7) is 3.79. The van der Waals surface area contributed by atoms with Gasteiger partial charge >= 0.3 is 5.97 Å². The fourth-order valence-electron chi connectivity index (χ4n) is 1.54. The molecule has 98 valence electrons. The van der Waals surface area contributed by atoms with E-state index in [9.17, 15) is 4.79 Å². The summed E-state index contributed by atoms with van der Waals surface area (Å²) < 4.78 is 0. The number of carboxylic acid groups (broad SMARTS) is 1. The molecular formula is C12H12N4O2S. The van der Waals surface area contributed by atoms with Gasteiger partial charge < -0.3 is 5.11 Å². The standard InChI is InChI=1S/C12H12N4O2S/c1-7-3-8(2)16-12(15-7)19-5-10-9(11(17)18)4-13-6-14-10/h3-4,6H,5H2,1-2H3,(H,17,18). The van der Waals surface area contributed by atoms with Crippen molar-refractivity contribution in [1.82, 2.24) is 19.9 Å². The van der Waals surface area contributed by atoms with Crippen LogP contribution in [0.3, 0.4) is 0 Å². The molecule has 0 bridgehead atoms. The van der Waals surface area contributed by atoms with Crippen molar-refractivity contribution in [1.29, 1.82) is 0 Å². The minimum absolute atomic E-state index is 0.111. The highest BCUT2D eigenvalue weighted by Crippen LogP contribution is 2.20. The van der Waals surface area contributed by atoms with Crippen molar-refractivity contribution in [2.45, 2.75) is 24.8 Å². The van der Waals surface area contributed by atoms with Crippen molar-refractivity contribution < 1.29 is 9.90 Å². The van der Waals surface area contributed by atoms with Gasteiger partial charge in [-0.3, -0.25) is 0 Å². The summed E-state index contributed by atoms with van der Waals surface area (Å²) in [5.41, 5.74) is 2.35. The molecule has 1 N–H and O–H groups in total. The second-order valence-corrected chi connectivity index (χ2v) is 4.85. The molecule has 0 saturated carbocycles. The average molecular weight is 276 g/mol. The molecule has 6 nitrogen and oxygen atoms in total.